The maximum absolute atomic E-state index is 9.91. The van der Waals surface area contributed by atoms with Crippen LogP contribution in [0.2, 0.25) is 0 Å². The van der Waals surface area contributed by atoms with Crippen LogP contribution < -0.4 is 0 Å². The second kappa shape index (κ2) is 5.11. The minimum Gasteiger partial charge on any atom is -0.385 e. The van der Waals surface area contributed by atoms with Gasteiger partial charge >= 0.3 is 0 Å². The van der Waals surface area contributed by atoms with E-state index < -0.39 is 5.60 Å². The molecule has 1 atom stereocenters. The first-order valence-corrected chi connectivity index (χ1v) is 4.07. The Balaban J connectivity index is 3.63. The molecule has 0 amide bonds. The minimum atomic E-state index is -0.947. The zero-order valence-electron chi connectivity index (χ0n) is 7.26. The Labute approximate surface area is 67.9 Å². The van der Waals surface area contributed by atoms with Crippen LogP contribution in [0.5, 0.6) is 0 Å². The summed E-state index contributed by atoms with van der Waals surface area (Å²) in [6.45, 7) is 3.73. The molecule has 0 heterocycles. The van der Waals surface area contributed by atoms with Crippen molar-refractivity contribution < 1.29 is 9.90 Å². The van der Waals surface area contributed by atoms with Crippen LogP contribution in [0.25, 0.3) is 0 Å². The highest BCUT2D eigenvalue weighted by molar-refractivity contribution is 5.47. The van der Waals surface area contributed by atoms with Gasteiger partial charge in [-0.25, -0.2) is 4.79 Å². The van der Waals surface area contributed by atoms with Gasteiger partial charge in [-0.15, -0.1) is 0 Å². The Bertz CT molecular complexity index is 144. The number of hydrogen-bond acceptors (Lipinski definition) is 2. The van der Waals surface area contributed by atoms with Crippen LogP contribution in [0.15, 0.2) is 6.08 Å². The molecule has 0 rings (SSSR count). The van der Waals surface area contributed by atoms with Crippen molar-refractivity contribution in [1.82, 2.24) is 0 Å². The Morgan fingerprint density at radius 2 is 2.18 bits per heavy atom. The van der Waals surface area contributed by atoms with Crippen LogP contribution in [0.1, 0.15) is 39.5 Å². The topological polar surface area (TPSA) is 37.3 Å². The van der Waals surface area contributed by atoms with Gasteiger partial charge in [-0.2, -0.15) is 0 Å². The highest BCUT2D eigenvalue weighted by Crippen LogP contribution is 2.14. The lowest BCUT2D eigenvalue weighted by Crippen LogP contribution is -2.20. The Kier molecular flexibility index (Phi) is 4.84. The molecule has 0 fully saturated rings. The molecule has 0 aliphatic heterocycles. The van der Waals surface area contributed by atoms with Crippen molar-refractivity contribution in [1.29, 1.82) is 0 Å². The fraction of sp³-hybridized carbons (Fsp3) is 0.778. The third-order valence-electron chi connectivity index (χ3n) is 1.66. The quantitative estimate of drug-likeness (QED) is 0.486. The zero-order valence-corrected chi connectivity index (χ0v) is 7.26. The van der Waals surface area contributed by atoms with Crippen LogP contribution in [0.3, 0.4) is 0 Å². The van der Waals surface area contributed by atoms with Gasteiger partial charge in [-0.3, -0.25) is 0 Å². The summed E-state index contributed by atoms with van der Waals surface area (Å²) >= 11 is 0. The number of aliphatic hydroxyl groups is 1. The SMILES string of the molecule is CCCCCC(C)(O)C=C=O. The molecule has 2 nitrogen and oxygen atoms in total. The Hall–Kier alpha value is -0.590. The van der Waals surface area contributed by atoms with E-state index in [1.165, 1.54) is 6.08 Å². The van der Waals surface area contributed by atoms with Gasteiger partial charge < -0.3 is 5.11 Å². The van der Waals surface area contributed by atoms with Crippen LogP contribution in [-0.2, 0) is 4.79 Å². The third kappa shape index (κ3) is 5.84. The lowest BCUT2D eigenvalue weighted by atomic mass is 9.99. The second-order valence-corrected chi connectivity index (χ2v) is 3.08. The molecule has 11 heavy (non-hydrogen) atoms. The van der Waals surface area contributed by atoms with E-state index in [0.29, 0.717) is 6.42 Å². The molecule has 2 heteroatoms. The predicted octanol–water partition coefficient (Wildman–Crippen LogP) is 1.71. The van der Waals surface area contributed by atoms with Gasteiger partial charge in [-0.1, -0.05) is 26.2 Å². The smallest absolute Gasteiger partial charge is 0.123 e. The van der Waals surface area contributed by atoms with E-state index in [1.807, 2.05) is 0 Å². The van der Waals surface area contributed by atoms with E-state index in [2.05, 4.69) is 6.92 Å². The summed E-state index contributed by atoms with van der Waals surface area (Å²) in [5.41, 5.74) is -0.947. The highest BCUT2D eigenvalue weighted by atomic mass is 16.3. The zero-order chi connectivity index (χ0) is 8.74. The average molecular weight is 156 g/mol. The van der Waals surface area contributed by atoms with Gasteiger partial charge in [0.25, 0.3) is 0 Å². The molecule has 0 aliphatic carbocycles. The molecule has 0 aromatic heterocycles. The largest absolute Gasteiger partial charge is 0.385 e. The summed E-state index contributed by atoms with van der Waals surface area (Å²) in [6, 6.07) is 0. The van der Waals surface area contributed by atoms with E-state index in [9.17, 15) is 9.90 Å². The summed E-state index contributed by atoms with van der Waals surface area (Å²) < 4.78 is 0. The van der Waals surface area contributed by atoms with Crippen molar-refractivity contribution in [3.05, 3.63) is 6.08 Å². The number of hydrogen-bond donors (Lipinski definition) is 1. The lowest BCUT2D eigenvalue weighted by Gasteiger charge is -2.15. The van der Waals surface area contributed by atoms with Crippen LogP contribution in [-0.4, -0.2) is 16.6 Å². The van der Waals surface area contributed by atoms with Crippen molar-refractivity contribution in [3.63, 3.8) is 0 Å². The molecule has 0 radical (unpaired) electrons. The molecule has 0 saturated carbocycles. The molecule has 64 valence electrons. The summed E-state index contributed by atoms with van der Waals surface area (Å²) in [4.78, 5) is 9.91. The molecule has 1 unspecified atom stereocenters. The van der Waals surface area contributed by atoms with E-state index in [0.717, 1.165) is 19.3 Å². The fourth-order valence-electron chi connectivity index (χ4n) is 0.932. The van der Waals surface area contributed by atoms with E-state index in [1.54, 1.807) is 12.9 Å². The Morgan fingerprint density at radius 3 is 2.64 bits per heavy atom. The summed E-state index contributed by atoms with van der Waals surface area (Å²) in [7, 11) is 0. The number of carbonyl (C=O) groups excluding carboxylic acids is 1. The van der Waals surface area contributed by atoms with E-state index in [-0.39, 0.29) is 0 Å². The van der Waals surface area contributed by atoms with Crippen molar-refractivity contribution in [2.75, 3.05) is 0 Å². The molecule has 1 N–H and O–H groups in total. The van der Waals surface area contributed by atoms with Gasteiger partial charge in [0.2, 0.25) is 0 Å². The van der Waals surface area contributed by atoms with Crippen molar-refractivity contribution in [2.24, 2.45) is 0 Å². The first-order chi connectivity index (χ1) is 5.12. The van der Waals surface area contributed by atoms with E-state index in [4.69, 9.17) is 0 Å². The van der Waals surface area contributed by atoms with Gasteiger partial charge in [0, 0.05) is 6.08 Å². The molecule has 0 aromatic carbocycles. The van der Waals surface area contributed by atoms with Gasteiger partial charge in [-0.05, 0) is 13.3 Å². The van der Waals surface area contributed by atoms with Crippen molar-refractivity contribution in [2.45, 2.75) is 45.1 Å². The minimum absolute atomic E-state index is 0.649. The molecule has 0 bridgehead atoms. The van der Waals surface area contributed by atoms with Crippen LogP contribution >= 0.6 is 0 Å². The molecule has 0 saturated heterocycles. The molecule has 0 aromatic rings. The first-order valence-electron chi connectivity index (χ1n) is 4.07. The second-order valence-electron chi connectivity index (χ2n) is 3.08. The maximum Gasteiger partial charge on any atom is 0.123 e. The highest BCUT2D eigenvalue weighted by Gasteiger charge is 2.15. The monoisotopic (exact) mass is 156 g/mol. The third-order valence-corrected chi connectivity index (χ3v) is 1.66. The average Bonchev–Trinajstić information content (AvgIpc) is 1.87. The van der Waals surface area contributed by atoms with Crippen molar-refractivity contribution in [3.8, 4) is 0 Å². The van der Waals surface area contributed by atoms with Gasteiger partial charge in [0.05, 0.1) is 5.60 Å². The number of rotatable bonds is 5. The van der Waals surface area contributed by atoms with E-state index >= 15 is 0 Å². The summed E-state index contributed by atoms with van der Waals surface area (Å²) in [5, 5.41) is 9.42. The van der Waals surface area contributed by atoms with Crippen molar-refractivity contribution >= 4 is 5.94 Å². The summed E-state index contributed by atoms with van der Waals surface area (Å²) in [6.07, 6.45) is 5.02. The molecular weight excluding hydrogens is 140 g/mol. The first kappa shape index (κ1) is 10.4. The summed E-state index contributed by atoms with van der Waals surface area (Å²) in [5.74, 6) is 1.61. The van der Waals surface area contributed by atoms with Crippen LogP contribution in [0.4, 0.5) is 0 Å². The lowest BCUT2D eigenvalue weighted by molar-refractivity contribution is 0.0997. The predicted molar refractivity (Wildman–Crippen MR) is 45.0 cm³/mol. The molecule has 0 spiro atoms. The van der Waals surface area contributed by atoms with Crippen LogP contribution in [0, 0.1) is 0 Å². The fourth-order valence-corrected chi connectivity index (χ4v) is 0.932. The van der Waals surface area contributed by atoms with Gasteiger partial charge in [0.1, 0.15) is 5.94 Å². The normalized spacial score (nSPS) is 15.2. The molecular formula is C9H16O2. The Morgan fingerprint density at radius 1 is 1.55 bits per heavy atom. The number of unbranched alkanes of at least 4 members (excludes halogenated alkanes) is 2. The standard InChI is InChI=1S/C9H16O2/c1-3-4-5-6-9(2,11)7-8-10/h7,11H,3-6H2,1-2H3. The maximum atomic E-state index is 9.91. The van der Waals surface area contributed by atoms with Gasteiger partial charge in [0.15, 0.2) is 0 Å². The molecule has 0 aliphatic rings.